The third-order valence-corrected chi connectivity index (χ3v) is 3.39. The minimum absolute atomic E-state index is 0.00287. The van der Waals surface area contributed by atoms with Crippen LogP contribution in [-0.2, 0) is 0 Å². The molecule has 0 aliphatic carbocycles. The molecular formula is C14H14F4N2O2. The number of hydrogen-bond acceptors (Lipinski definition) is 3. The van der Waals surface area contributed by atoms with Crippen molar-refractivity contribution in [3.63, 3.8) is 0 Å². The van der Waals surface area contributed by atoms with Crippen molar-refractivity contribution in [3.05, 3.63) is 35.6 Å². The molecule has 0 radical (unpaired) electrons. The minimum Gasteiger partial charge on any atom is -0.362 e. The zero-order valence-electron chi connectivity index (χ0n) is 11.9. The van der Waals surface area contributed by atoms with Crippen molar-refractivity contribution in [2.24, 2.45) is 11.0 Å². The van der Waals surface area contributed by atoms with Crippen molar-refractivity contribution in [2.75, 3.05) is 0 Å². The lowest BCUT2D eigenvalue weighted by atomic mass is 9.99. The molecule has 1 atom stereocenters. The fraction of sp³-hybridized carbons (Fsp3) is 0.429. The van der Waals surface area contributed by atoms with Gasteiger partial charge in [-0.25, -0.2) is 4.39 Å². The lowest BCUT2D eigenvalue weighted by Crippen LogP contribution is -2.56. The number of carbonyl (C=O) groups excluding carboxylic acids is 1. The first kappa shape index (κ1) is 16.4. The maximum atomic E-state index is 13.2. The molecule has 1 aromatic rings. The lowest BCUT2D eigenvalue weighted by molar-refractivity contribution is -0.297. The summed E-state index contributed by atoms with van der Waals surface area (Å²) in [5, 5.41) is 13.6. The Morgan fingerprint density at radius 2 is 2.05 bits per heavy atom. The molecule has 4 nitrogen and oxygen atoms in total. The van der Waals surface area contributed by atoms with Crippen LogP contribution >= 0.6 is 0 Å². The van der Waals surface area contributed by atoms with Crippen LogP contribution in [0.25, 0.3) is 0 Å². The van der Waals surface area contributed by atoms with Crippen LogP contribution in [0.3, 0.4) is 0 Å². The van der Waals surface area contributed by atoms with E-state index in [-0.39, 0.29) is 22.2 Å². The van der Waals surface area contributed by atoms with Gasteiger partial charge in [0.1, 0.15) is 5.82 Å². The van der Waals surface area contributed by atoms with E-state index < -0.39 is 30.0 Å². The highest BCUT2D eigenvalue weighted by atomic mass is 19.4. The summed E-state index contributed by atoms with van der Waals surface area (Å²) in [4.78, 5) is 12.2. The number of benzene rings is 1. The monoisotopic (exact) mass is 318 g/mol. The third-order valence-electron chi connectivity index (χ3n) is 3.39. The highest BCUT2D eigenvalue weighted by Gasteiger charge is 2.63. The highest BCUT2D eigenvalue weighted by molar-refractivity contribution is 5.98. The second-order valence-electron chi connectivity index (χ2n) is 5.36. The number of aliphatic hydroxyl groups is 1. The fourth-order valence-electron chi connectivity index (χ4n) is 2.07. The predicted molar refractivity (Wildman–Crippen MR) is 70.5 cm³/mol. The highest BCUT2D eigenvalue weighted by Crippen LogP contribution is 2.41. The Labute approximate surface area is 124 Å². The normalized spacial score (nSPS) is 22.2. The van der Waals surface area contributed by atoms with Crippen LogP contribution in [-0.4, -0.2) is 33.6 Å². The van der Waals surface area contributed by atoms with Gasteiger partial charge in [-0.05, 0) is 24.1 Å². The molecule has 1 aliphatic rings. The zero-order chi connectivity index (χ0) is 16.7. The standard InChI is InChI=1S/C14H14F4N2O2/c1-8(2)11-7-13(22,14(16,17)18)20(19-11)12(21)9-4-3-5-10(15)6-9/h3-6,8,22H,7H2,1-2H3/t13-/m0/s1. The van der Waals surface area contributed by atoms with Crippen LogP contribution in [0.4, 0.5) is 17.6 Å². The van der Waals surface area contributed by atoms with Gasteiger partial charge in [0.25, 0.3) is 11.6 Å². The molecule has 0 spiro atoms. The summed E-state index contributed by atoms with van der Waals surface area (Å²) in [6.07, 6.45) is -5.91. The molecule has 0 aromatic heterocycles. The van der Waals surface area contributed by atoms with Crippen molar-refractivity contribution in [2.45, 2.75) is 32.2 Å². The van der Waals surface area contributed by atoms with E-state index in [2.05, 4.69) is 5.10 Å². The van der Waals surface area contributed by atoms with Crippen LogP contribution in [0.5, 0.6) is 0 Å². The van der Waals surface area contributed by atoms with Gasteiger partial charge in [0.2, 0.25) is 0 Å². The molecule has 0 unspecified atom stereocenters. The molecule has 0 saturated heterocycles. The predicted octanol–water partition coefficient (Wildman–Crippen LogP) is 2.93. The number of halogens is 4. The number of nitrogens with zero attached hydrogens (tertiary/aromatic N) is 2. The number of rotatable bonds is 2. The molecule has 0 fully saturated rings. The smallest absolute Gasteiger partial charge is 0.362 e. The Bertz CT molecular complexity index is 628. The van der Waals surface area contributed by atoms with Crippen LogP contribution in [0, 0.1) is 11.7 Å². The van der Waals surface area contributed by atoms with E-state index in [1.165, 1.54) is 6.07 Å². The molecule has 0 bridgehead atoms. The third kappa shape index (κ3) is 2.70. The Morgan fingerprint density at radius 1 is 1.41 bits per heavy atom. The molecule has 1 heterocycles. The van der Waals surface area contributed by atoms with E-state index in [0.717, 1.165) is 18.2 Å². The van der Waals surface area contributed by atoms with E-state index in [1.54, 1.807) is 13.8 Å². The van der Waals surface area contributed by atoms with Crippen molar-refractivity contribution < 1.29 is 27.5 Å². The van der Waals surface area contributed by atoms with Gasteiger partial charge in [-0.1, -0.05) is 19.9 Å². The topological polar surface area (TPSA) is 52.9 Å². The van der Waals surface area contributed by atoms with Crippen molar-refractivity contribution in [1.29, 1.82) is 0 Å². The largest absolute Gasteiger partial charge is 0.438 e. The quantitative estimate of drug-likeness (QED) is 0.853. The molecule has 2 rings (SSSR count). The molecule has 1 amide bonds. The molecule has 0 saturated carbocycles. The maximum Gasteiger partial charge on any atom is 0.438 e. The first-order valence-electron chi connectivity index (χ1n) is 6.53. The van der Waals surface area contributed by atoms with Gasteiger partial charge >= 0.3 is 6.18 Å². The number of carbonyl (C=O) groups is 1. The van der Waals surface area contributed by atoms with Gasteiger partial charge in [-0.15, -0.1) is 0 Å². The van der Waals surface area contributed by atoms with Gasteiger partial charge in [0.05, 0.1) is 0 Å². The molecule has 120 valence electrons. The first-order chi connectivity index (χ1) is 10.1. The van der Waals surface area contributed by atoms with Gasteiger partial charge in [-0.2, -0.15) is 23.3 Å². The van der Waals surface area contributed by atoms with Crippen molar-refractivity contribution in [3.8, 4) is 0 Å². The van der Waals surface area contributed by atoms with E-state index >= 15 is 0 Å². The first-order valence-corrected chi connectivity index (χ1v) is 6.53. The Kier molecular flexibility index (Phi) is 3.99. The summed E-state index contributed by atoms with van der Waals surface area (Å²) in [5.74, 6) is -2.36. The SMILES string of the molecule is CC(C)C1=NN(C(=O)c2cccc(F)c2)[C@@](O)(C(F)(F)F)C1. The summed E-state index contributed by atoms with van der Waals surface area (Å²) in [6.45, 7) is 3.21. The van der Waals surface area contributed by atoms with Crippen LogP contribution < -0.4 is 0 Å². The fourth-order valence-corrected chi connectivity index (χ4v) is 2.07. The molecule has 1 aromatic carbocycles. The Hall–Kier alpha value is -1.96. The van der Waals surface area contributed by atoms with Gasteiger partial charge < -0.3 is 5.11 Å². The Balaban J connectivity index is 2.46. The second-order valence-corrected chi connectivity index (χ2v) is 5.36. The average Bonchev–Trinajstić information content (AvgIpc) is 2.77. The molecule has 1 aliphatic heterocycles. The number of amides is 1. The van der Waals surface area contributed by atoms with Gasteiger partial charge in [0, 0.05) is 17.7 Å². The number of alkyl halides is 3. The second kappa shape index (κ2) is 5.35. The summed E-state index contributed by atoms with van der Waals surface area (Å²) < 4.78 is 52.7. The van der Waals surface area contributed by atoms with Crippen molar-refractivity contribution in [1.82, 2.24) is 5.01 Å². The minimum atomic E-state index is -5.09. The zero-order valence-corrected chi connectivity index (χ0v) is 11.9. The molecule has 8 heteroatoms. The van der Waals surface area contributed by atoms with Crippen molar-refractivity contribution >= 4 is 11.6 Å². The molecule has 1 N–H and O–H groups in total. The molecular weight excluding hydrogens is 304 g/mol. The number of hydrazone groups is 1. The lowest BCUT2D eigenvalue weighted by Gasteiger charge is -2.32. The Morgan fingerprint density at radius 3 is 2.55 bits per heavy atom. The summed E-state index contributed by atoms with van der Waals surface area (Å²) in [6, 6.07) is 4.20. The van der Waals surface area contributed by atoms with Gasteiger partial charge in [-0.3, -0.25) is 4.79 Å². The van der Waals surface area contributed by atoms with E-state index in [4.69, 9.17) is 0 Å². The van der Waals surface area contributed by atoms with Crippen LogP contribution in [0.1, 0.15) is 30.6 Å². The maximum absolute atomic E-state index is 13.2. The summed E-state index contributed by atoms with van der Waals surface area (Å²) in [5.41, 5.74) is -3.70. The van der Waals surface area contributed by atoms with E-state index in [1.807, 2.05) is 0 Å². The van der Waals surface area contributed by atoms with Crippen LogP contribution in [0.15, 0.2) is 29.4 Å². The average molecular weight is 318 g/mol. The van der Waals surface area contributed by atoms with Crippen LogP contribution in [0.2, 0.25) is 0 Å². The summed E-state index contributed by atoms with van der Waals surface area (Å²) in [7, 11) is 0. The van der Waals surface area contributed by atoms with E-state index in [9.17, 15) is 27.5 Å². The van der Waals surface area contributed by atoms with E-state index in [0.29, 0.717) is 0 Å². The number of hydrogen-bond donors (Lipinski definition) is 1. The van der Waals surface area contributed by atoms with Gasteiger partial charge in [0.15, 0.2) is 0 Å². The molecule has 22 heavy (non-hydrogen) atoms. The summed E-state index contributed by atoms with van der Waals surface area (Å²) >= 11 is 0.